The first-order chi connectivity index (χ1) is 18.8. The highest BCUT2D eigenvalue weighted by Gasteiger charge is 2.52. The quantitative estimate of drug-likeness (QED) is 0.316. The Morgan fingerprint density at radius 2 is 1.51 bits per heavy atom. The molecule has 1 saturated heterocycles. The first-order valence-corrected chi connectivity index (χ1v) is 14.5. The third kappa shape index (κ3) is 4.64. The van der Waals surface area contributed by atoms with Gasteiger partial charge in [0.2, 0.25) is 0 Å². The first kappa shape index (κ1) is 25.1. The van der Waals surface area contributed by atoms with Crippen LogP contribution in [0.3, 0.4) is 0 Å². The molecule has 0 aromatic heterocycles. The van der Waals surface area contributed by atoms with Crippen LogP contribution in [-0.2, 0) is 19.6 Å². The molecule has 204 valence electrons. The Morgan fingerprint density at radius 1 is 0.872 bits per heavy atom. The molecule has 5 aliphatic rings. The molecule has 1 atom stereocenters. The van der Waals surface area contributed by atoms with Crippen molar-refractivity contribution in [2.45, 2.75) is 69.7 Å². The summed E-state index contributed by atoms with van der Waals surface area (Å²) in [6.07, 6.45) is 8.02. The lowest BCUT2D eigenvalue weighted by Crippen LogP contribution is -2.48. The van der Waals surface area contributed by atoms with Gasteiger partial charge in [-0.25, -0.2) is 4.79 Å². The zero-order valence-corrected chi connectivity index (χ0v) is 23.2. The van der Waals surface area contributed by atoms with Gasteiger partial charge in [-0.2, -0.15) is 0 Å². The lowest BCUT2D eigenvalue weighted by atomic mass is 9.48. The van der Waals surface area contributed by atoms with Crippen LogP contribution in [0.2, 0.25) is 0 Å². The van der Waals surface area contributed by atoms with E-state index in [1.54, 1.807) is 0 Å². The number of rotatable bonds is 6. The first-order valence-electron chi connectivity index (χ1n) is 14.5. The second-order valence-corrected chi connectivity index (χ2v) is 12.9. The average Bonchev–Trinajstić information content (AvgIpc) is 3.28. The highest BCUT2D eigenvalue weighted by Crippen LogP contribution is 2.62. The van der Waals surface area contributed by atoms with Gasteiger partial charge in [0.1, 0.15) is 18.5 Å². The predicted molar refractivity (Wildman–Crippen MR) is 151 cm³/mol. The van der Waals surface area contributed by atoms with Crippen LogP contribution in [0.5, 0.6) is 5.75 Å². The lowest BCUT2D eigenvalue weighted by molar-refractivity contribution is -0.141. The fourth-order valence-electron chi connectivity index (χ4n) is 8.39. The van der Waals surface area contributed by atoms with Crippen LogP contribution in [0, 0.1) is 17.8 Å². The van der Waals surface area contributed by atoms with Crippen LogP contribution in [0.1, 0.15) is 68.3 Å². The van der Waals surface area contributed by atoms with Crippen LogP contribution in [-0.4, -0.2) is 38.2 Å². The number of carbonyl (C=O) groups is 1. The molecule has 4 saturated carbocycles. The number of hydrogen-bond donors (Lipinski definition) is 0. The van der Waals surface area contributed by atoms with E-state index in [-0.39, 0.29) is 17.5 Å². The summed E-state index contributed by atoms with van der Waals surface area (Å²) in [6.45, 7) is 4.98. The molecule has 0 radical (unpaired) electrons. The third-order valence-corrected chi connectivity index (χ3v) is 9.68. The van der Waals surface area contributed by atoms with Crippen molar-refractivity contribution in [3.8, 4) is 16.9 Å². The molecule has 1 aliphatic heterocycles. The normalized spacial score (nSPS) is 30.5. The largest absolute Gasteiger partial charge is 0.490 e. The zero-order chi connectivity index (χ0) is 26.8. The van der Waals surface area contributed by atoms with Gasteiger partial charge in [-0.05, 0) is 128 Å². The van der Waals surface area contributed by atoms with E-state index in [2.05, 4.69) is 36.4 Å². The van der Waals surface area contributed by atoms with E-state index in [0.717, 1.165) is 34.3 Å². The van der Waals surface area contributed by atoms with Crippen LogP contribution in [0.15, 0.2) is 54.6 Å². The fourth-order valence-corrected chi connectivity index (χ4v) is 8.39. The highest BCUT2D eigenvalue weighted by molar-refractivity contribution is 5.96. The van der Waals surface area contributed by atoms with Gasteiger partial charge < -0.3 is 18.9 Å². The maximum Gasteiger partial charge on any atom is 0.337 e. The SMILES string of the molecule is COC(=O)c1ccc2cc(-c3ccc(OCC4COC(C)(C)O4)c(C45CC6CC(CC(C6)C4)C5)c3)ccc2c1. The van der Waals surface area contributed by atoms with Crippen molar-refractivity contribution in [2.75, 3.05) is 20.3 Å². The molecule has 4 aliphatic carbocycles. The molecule has 39 heavy (non-hydrogen) atoms. The minimum Gasteiger partial charge on any atom is -0.490 e. The summed E-state index contributed by atoms with van der Waals surface area (Å²) in [5.41, 5.74) is 4.56. The molecular formula is C34H38O5. The standard InChI is InChI=1S/C34H38O5/c1-33(2)38-20-29(39-33)19-37-31-9-8-27(15-30(31)34-16-21-10-22(17-34)12-23(11-21)18-34)25-4-5-26-14-28(32(35)36-3)7-6-24(26)13-25/h4-9,13-15,21-23,29H,10-12,16-20H2,1-3H3. The molecule has 0 spiro atoms. The Bertz CT molecular complexity index is 1390. The van der Waals surface area contributed by atoms with E-state index < -0.39 is 5.79 Å². The van der Waals surface area contributed by atoms with Gasteiger partial charge in [-0.3, -0.25) is 0 Å². The van der Waals surface area contributed by atoms with Crippen molar-refractivity contribution in [1.29, 1.82) is 0 Å². The maximum absolute atomic E-state index is 12.0. The van der Waals surface area contributed by atoms with Gasteiger partial charge in [-0.1, -0.05) is 24.3 Å². The van der Waals surface area contributed by atoms with Crippen molar-refractivity contribution in [3.05, 3.63) is 65.7 Å². The summed E-state index contributed by atoms with van der Waals surface area (Å²) >= 11 is 0. The number of fused-ring (bicyclic) bond motifs is 1. The van der Waals surface area contributed by atoms with Gasteiger partial charge >= 0.3 is 5.97 Å². The van der Waals surface area contributed by atoms with Crippen molar-refractivity contribution < 1.29 is 23.7 Å². The van der Waals surface area contributed by atoms with Gasteiger partial charge in [0, 0.05) is 5.56 Å². The van der Waals surface area contributed by atoms with Crippen LogP contribution in [0.4, 0.5) is 0 Å². The van der Waals surface area contributed by atoms with E-state index in [0.29, 0.717) is 18.8 Å². The lowest BCUT2D eigenvalue weighted by Gasteiger charge is -2.57. The van der Waals surface area contributed by atoms with Crippen LogP contribution >= 0.6 is 0 Å². The molecule has 1 heterocycles. The Morgan fingerprint density at radius 3 is 2.18 bits per heavy atom. The molecule has 8 rings (SSSR count). The van der Waals surface area contributed by atoms with E-state index >= 15 is 0 Å². The minimum absolute atomic E-state index is 0.0562. The molecule has 3 aromatic carbocycles. The summed E-state index contributed by atoms with van der Waals surface area (Å²) in [5, 5.41) is 2.14. The number of benzene rings is 3. The summed E-state index contributed by atoms with van der Waals surface area (Å²) in [5.74, 6) is 2.71. The van der Waals surface area contributed by atoms with E-state index in [1.807, 2.05) is 32.0 Å². The van der Waals surface area contributed by atoms with E-state index in [4.69, 9.17) is 18.9 Å². The Labute approximate surface area is 230 Å². The molecule has 1 unspecified atom stereocenters. The van der Waals surface area contributed by atoms with Crippen LogP contribution < -0.4 is 4.74 Å². The van der Waals surface area contributed by atoms with Crippen molar-refractivity contribution in [3.63, 3.8) is 0 Å². The van der Waals surface area contributed by atoms with Crippen molar-refractivity contribution >= 4 is 16.7 Å². The fraction of sp³-hybridized carbons (Fsp3) is 0.500. The predicted octanol–water partition coefficient (Wildman–Crippen LogP) is 7.29. The molecular weight excluding hydrogens is 488 g/mol. The van der Waals surface area contributed by atoms with E-state index in [1.165, 1.54) is 62.3 Å². The second kappa shape index (κ2) is 9.35. The second-order valence-electron chi connectivity index (χ2n) is 12.9. The molecule has 3 aromatic rings. The summed E-state index contributed by atoms with van der Waals surface area (Å²) in [6, 6.07) is 19.0. The summed E-state index contributed by atoms with van der Waals surface area (Å²) < 4.78 is 23.3. The number of hydrogen-bond acceptors (Lipinski definition) is 5. The number of carbonyl (C=O) groups excluding carboxylic acids is 1. The molecule has 5 nitrogen and oxygen atoms in total. The molecule has 0 amide bonds. The van der Waals surface area contributed by atoms with Crippen LogP contribution in [0.25, 0.3) is 21.9 Å². The zero-order valence-electron chi connectivity index (χ0n) is 23.2. The van der Waals surface area contributed by atoms with Gasteiger partial charge in [0.15, 0.2) is 5.79 Å². The number of methoxy groups -OCH3 is 1. The van der Waals surface area contributed by atoms with E-state index in [9.17, 15) is 4.79 Å². The average molecular weight is 527 g/mol. The van der Waals surface area contributed by atoms with Crippen molar-refractivity contribution in [1.82, 2.24) is 0 Å². The maximum atomic E-state index is 12.0. The summed E-state index contributed by atoms with van der Waals surface area (Å²) in [4.78, 5) is 12.0. The topological polar surface area (TPSA) is 54.0 Å². The highest BCUT2D eigenvalue weighted by atomic mass is 16.7. The molecule has 5 heteroatoms. The minimum atomic E-state index is -0.547. The molecule has 4 bridgehead atoms. The Balaban J connectivity index is 1.24. The number of ether oxygens (including phenoxy) is 4. The smallest absolute Gasteiger partial charge is 0.337 e. The third-order valence-electron chi connectivity index (χ3n) is 9.68. The Hall–Kier alpha value is -2.89. The monoisotopic (exact) mass is 526 g/mol. The molecule has 5 fully saturated rings. The number of esters is 1. The van der Waals surface area contributed by atoms with Gasteiger partial charge in [0.25, 0.3) is 0 Å². The summed E-state index contributed by atoms with van der Waals surface area (Å²) in [7, 11) is 1.42. The Kier molecular flexibility index (Phi) is 6.02. The molecule has 0 N–H and O–H groups in total. The van der Waals surface area contributed by atoms with Gasteiger partial charge in [0.05, 0.1) is 19.3 Å². The van der Waals surface area contributed by atoms with Gasteiger partial charge in [-0.15, -0.1) is 0 Å². The van der Waals surface area contributed by atoms with Crippen molar-refractivity contribution in [2.24, 2.45) is 17.8 Å².